The molecular weight excluding hydrogens is 775 g/mol. The predicted molar refractivity (Wildman–Crippen MR) is 259 cm³/mol. The maximum Gasteiger partial charge on any atom is 0.306 e. The van der Waals surface area contributed by atoms with Crippen molar-refractivity contribution in [2.45, 2.75) is 238 Å². The zero-order valence-electron chi connectivity index (χ0n) is 41.0. The van der Waals surface area contributed by atoms with Gasteiger partial charge in [-0.25, -0.2) is 0 Å². The van der Waals surface area contributed by atoms with Crippen LogP contribution in [0.15, 0.2) is 48.6 Å². The molecule has 0 N–H and O–H groups in total. The summed E-state index contributed by atoms with van der Waals surface area (Å²) in [7, 11) is 5.42. The lowest BCUT2D eigenvalue weighted by molar-refractivity contribution is -0.889. The van der Waals surface area contributed by atoms with E-state index in [4.69, 9.17) is 14.2 Å². The number of ether oxygens (including phenoxy) is 3. The van der Waals surface area contributed by atoms with Crippen LogP contribution in [0.5, 0.6) is 0 Å². The zero-order valence-corrected chi connectivity index (χ0v) is 41.0. The minimum atomic E-state index is -1.12. The summed E-state index contributed by atoms with van der Waals surface area (Å²) in [4.78, 5) is 37.0. The summed E-state index contributed by atoms with van der Waals surface area (Å²) in [6.07, 6.45) is 54.2. The molecule has 0 aromatic rings. The number of hydrogen-bond donors (Lipinski definition) is 0. The molecule has 0 aliphatic rings. The second kappa shape index (κ2) is 44.9. The fourth-order valence-corrected chi connectivity index (χ4v) is 7.53. The molecule has 8 nitrogen and oxygen atoms in total. The third kappa shape index (κ3) is 42.6. The summed E-state index contributed by atoms with van der Waals surface area (Å²) < 4.78 is 17.2. The number of esters is 2. The molecule has 0 aromatic carbocycles. The Kier molecular flexibility index (Phi) is 42.9. The molecule has 2 unspecified atom stereocenters. The van der Waals surface area contributed by atoms with E-state index < -0.39 is 18.1 Å². The van der Waals surface area contributed by atoms with E-state index in [1.165, 1.54) is 122 Å². The molecule has 360 valence electrons. The van der Waals surface area contributed by atoms with Gasteiger partial charge in [-0.15, -0.1) is 0 Å². The number of unbranched alkanes of at least 4 members (excludes halogenated alkanes) is 24. The lowest BCUT2D eigenvalue weighted by atomic mass is 10.0. The second-order valence-electron chi connectivity index (χ2n) is 18.4. The van der Waals surface area contributed by atoms with Gasteiger partial charge in [0.2, 0.25) is 0 Å². The van der Waals surface area contributed by atoms with Crippen molar-refractivity contribution in [1.82, 2.24) is 0 Å². The summed E-state index contributed by atoms with van der Waals surface area (Å²) in [6, 6.07) is -0.727. The average molecular weight is 872 g/mol. The molecule has 0 saturated heterocycles. The van der Waals surface area contributed by atoms with Crippen LogP contribution >= 0.6 is 0 Å². The third-order valence-corrected chi connectivity index (χ3v) is 11.5. The van der Waals surface area contributed by atoms with Crippen LogP contribution in [-0.2, 0) is 28.6 Å². The minimum absolute atomic E-state index is 0.0390. The van der Waals surface area contributed by atoms with Crippen LogP contribution < -0.4 is 5.11 Å². The molecule has 0 fully saturated rings. The molecule has 0 saturated carbocycles. The molecule has 0 aromatic heterocycles. The molecule has 0 amide bonds. The Morgan fingerprint density at radius 3 is 1.34 bits per heavy atom. The van der Waals surface area contributed by atoms with Gasteiger partial charge in [-0.3, -0.25) is 9.59 Å². The normalized spacial score (nSPS) is 13.2. The molecule has 0 rings (SSSR count). The Morgan fingerprint density at radius 1 is 0.500 bits per heavy atom. The first-order chi connectivity index (χ1) is 30.1. The number of likely N-dealkylation sites (N-methyl/N-ethyl adjacent to an activating group) is 1. The van der Waals surface area contributed by atoms with Crippen molar-refractivity contribution >= 4 is 17.9 Å². The highest BCUT2D eigenvalue weighted by atomic mass is 16.6. The van der Waals surface area contributed by atoms with Gasteiger partial charge in [-0.2, -0.15) is 0 Å². The van der Waals surface area contributed by atoms with E-state index in [1.807, 2.05) is 0 Å². The number of carbonyl (C=O) groups excluding carboxylic acids is 3. The Labute approximate surface area is 382 Å². The van der Waals surface area contributed by atoms with Crippen molar-refractivity contribution in [3.63, 3.8) is 0 Å². The van der Waals surface area contributed by atoms with Gasteiger partial charge in [-0.1, -0.05) is 204 Å². The molecular formula is C54H97NO7. The summed E-state index contributed by atoms with van der Waals surface area (Å²) in [6.45, 7) is 4.57. The standard InChI is InChI=1S/C54H97NO7/c1-6-8-10-12-14-16-18-20-22-24-26-27-29-30-32-34-36-38-40-42-44-52(56)61-49-50(48-60-47-46-51(54(58)59)55(3,4)5)62-53(57)45-43-41-39-37-35-33-31-28-25-23-21-19-17-15-13-11-9-7-2/h8,10,14,16,20,22,26-27,50-51H,6-7,9,11-13,15,17-19,21,23-25,28-49H2,1-5H3/b10-8+,16-14+,22-20+,27-26+. The maximum absolute atomic E-state index is 12.8. The van der Waals surface area contributed by atoms with E-state index in [0.29, 0.717) is 12.8 Å². The topological polar surface area (TPSA) is 102 Å². The van der Waals surface area contributed by atoms with E-state index in [-0.39, 0.29) is 42.7 Å². The van der Waals surface area contributed by atoms with E-state index >= 15 is 0 Å². The average Bonchev–Trinajstić information content (AvgIpc) is 3.23. The molecule has 2 atom stereocenters. The molecule has 62 heavy (non-hydrogen) atoms. The molecule has 8 heteroatoms. The fraction of sp³-hybridized carbons (Fsp3) is 0.796. The molecule has 0 aliphatic carbocycles. The minimum Gasteiger partial charge on any atom is -0.544 e. The number of hydrogen-bond acceptors (Lipinski definition) is 7. The Balaban J connectivity index is 4.25. The Hall–Kier alpha value is -2.71. The maximum atomic E-state index is 12.8. The van der Waals surface area contributed by atoms with Gasteiger partial charge in [0, 0.05) is 19.3 Å². The Bertz CT molecular complexity index is 1150. The highest BCUT2D eigenvalue weighted by molar-refractivity contribution is 5.70. The number of carbonyl (C=O) groups is 3. The van der Waals surface area contributed by atoms with E-state index in [2.05, 4.69) is 62.5 Å². The summed E-state index contributed by atoms with van der Waals surface area (Å²) in [5.74, 6) is -1.74. The monoisotopic (exact) mass is 872 g/mol. The molecule has 0 heterocycles. The largest absolute Gasteiger partial charge is 0.544 e. The van der Waals surface area contributed by atoms with Gasteiger partial charge in [-0.05, 0) is 51.4 Å². The molecule has 0 radical (unpaired) electrons. The van der Waals surface area contributed by atoms with Crippen LogP contribution in [0.1, 0.15) is 226 Å². The van der Waals surface area contributed by atoms with Crippen molar-refractivity contribution in [3.8, 4) is 0 Å². The summed E-state index contributed by atoms with van der Waals surface area (Å²) in [5, 5.41) is 11.7. The van der Waals surface area contributed by atoms with Crippen LogP contribution in [0.3, 0.4) is 0 Å². The highest BCUT2D eigenvalue weighted by Crippen LogP contribution is 2.16. The predicted octanol–water partition coefficient (Wildman–Crippen LogP) is 13.4. The smallest absolute Gasteiger partial charge is 0.306 e. The van der Waals surface area contributed by atoms with Crippen LogP contribution in [0, 0.1) is 0 Å². The van der Waals surface area contributed by atoms with Crippen LogP contribution in [0.25, 0.3) is 0 Å². The lowest BCUT2D eigenvalue weighted by Crippen LogP contribution is -2.55. The van der Waals surface area contributed by atoms with Gasteiger partial charge >= 0.3 is 11.9 Å². The van der Waals surface area contributed by atoms with Crippen molar-refractivity contribution in [1.29, 1.82) is 0 Å². The summed E-state index contributed by atoms with van der Waals surface area (Å²) in [5.41, 5.74) is 0. The van der Waals surface area contributed by atoms with Crippen LogP contribution in [0.4, 0.5) is 0 Å². The van der Waals surface area contributed by atoms with Crippen LogP contribution in [-0.4, -0.2) is 75.5 Å². The number of carboxylic acids is 1. The van der Waals surface area contributed by atoms with E-state index in [1.54, 1.807) is 21.1 Å². The van der Waals surface area contributed by atoms with Gasteiger partial charge in [0.1, 0.15) is 12.6 Å². The molecule has 0 bridgehead atoms. The van der Waals surface area contributed by atoms with Crippen molar-refractivity contribution < 1.29 is 38.2 Å². The number of carboxylic acid groups (broad SMARTS) is 1. The first kappa shape index (κ1) is 59.3. The van der Waals surface area contributed by atoms with Gasteiger partial charge < -0.3 is 28.6 Å². The third-order valence-electron chi connectivity index (χ3n) is 11.5. The van der Waals surface area contributed by atoms with Crippen LogP contribution in [0.2, 0.25) is 0 Å². The van der Waals surface area contributed by atoms with E-state index in [9.17, 15) is 19.5 Å². The second-order valence-corrected chi connectivity index (χ2v) is 18.4. The Morgan fingerprint density at radius 2 is 0.903 bits per heavy atom. The zero-order chi connectivity index (χ0) is 45.6. The van der Waals surface area contributed by atoms with Crippen molar-refractivity contribution in [2.24, 2.45) is 0 Å². The van der Waals surface area contributed by atoms with E-state index in [0.717, 1.165) is 70.6 Å². The fourth-order valence-electron chi connectivity index (χ4n) is 7.53. The lowest BCUT2D eigenvalue weighted by Gasteiger charge is -2.34. The number of quaternary nitrogens is 1. The first-order valence-corrected chi connectivity index (χ1v) is 25.7. The molecule has 0 spiro atoms. The van der Waals surface area contributed by atoms with Gasteiger partial charge in [0.05, 0.1) is 40.3 Å². The van der Waals surface area contributed by atoms with Gasteiger partial charge in [0.25, 0.3) is 0 Å². The van der Waals surface area contributed by atoms with Crippen molar-refractivity contribution in [3.05, 3.63) is 48.6 Å². The number of allylic oxidation sites excluding steroid dienone is 8. The highest BCUT2D eigenvalue weighted by Gasteiger charge is 2.25. The quantitative estimate of drug-likeness (QED) is 0.0260. The first-order valence-electron chi connectivity index (χ1n) is 25.7. The SMILES string of the molecule is CC/C=C/C/C=C/C/C=C/C/C=C/CCCCCCCCCC(=O)OCC(COCCC(C(=O)[O-])[N+](C)(C)C)OC(=O)CCCCCCCCCCCCCCCCCCCC. The summed E-state index contributed by atoms with van der Waals surface area (Å²) >= 11 is 0. The molecule has 0 aliphatic heterocycles. The number of rotatable bonds is 46. The number of aliphatic carboxylic acids is 1. The van der Waals surface area contributed by atoms with Gasteiger partial charge in [0.15, 0.2) is 6.10 Å². The van der Waals surface area contributed by atoms with Crippen molar-refractivity contribution in [2.75, 3.05) is 41.0 Å². The number of nitrogens with zero attached hydrogens (tertiary/aromatic N) is 1.